The Kier molecular flexibility index (Phi) is 5.20. The van der Waals surface area contributed by atoms with Crippen molar-refractivity contribution >= 4 is 11.9 Å². The van der Waals surface area contributed by atoms with Gasteiger partial charge in [-0.25, -0.2) is 9.18 Å². The van der Waals surface area contributed by atoms with Crippen molar-refractivity contribution in [3.8, 4) is 5.75 Å². The molecule has 1 unspecified atom stereocenters. The highest BCUT2D eigenvalue weighted by Crippen LogP contribution is 2.23. The second-order valence-corrected chi connectivity index (χ2v) is 6.29. The molecule has 1 fully saturated rings. The summed E-state index contributed by atoms with van der Waals surface area (Å²) in [6.07, 6.45) is 3.49. The third kappa shape index (κ3) is 4.01. The molecule has 1 N–H and O–H groups in total. The van der Waals surface area contributed by atoms with E-state index in [2.05, 4.69) is 5.10 Å². The summed E-state index contributed by atoms with van der Waals surface area (Å²) in [5.74, 6) is -1.26. The zero-order chi connectivity index (χ0) is 18.7. The van der Waals surface area contributed by atoms with Gasteiger partial charge in [0.1, 0.15) is 11.6 Å². The first-order chi connectivity index (χ1) is 12.4. The molecule has 138 valence electrons. The second kappa shape index (κ2) is 7.55. The summed E-state index contributed by atoms with van der Waals surface area (Å²) in [6, 6.07) is 5.76. The lowest BCUT2D eigenvalue weighted by Crippen LogP contribution is -2.45. The Labute approximate surface area is 150 Å². The van der Waals surface area contributed by atoms with Crippen molar-refractivity contribution in [3.63, 3.8) is 0 Å². The van der Waals surface area contributed by atoms with Gasteiger partial charge in [0.15, 0.2) is 6.10 Å². The second-order valence-electron chi connectivity index (χ2n) is 6.29. The van der Waals surface area contributed by atoms with E-state index in [9.17, 15) is 14.0 Å². The Morgan fingerprint density at radius 3 is 2.69 bits per heavy atom. The highest BCUT2D eigenvalue weighted by Gasteiger charge is 2.28. The zero-order valence-electron chi connectivity index (χ0n) is 14.3. The van der Waals surface area contributed by atoms with Gasteiger partial charge in [-0.1, -0.05) is 6.07 Å². The van der Waals surface area contributed by atoms with Gasteiger partial charge in [0.25, 0.3) is 5.91 Å². The molecule has 1 amide bonds. The number of carbonyl (C=O) groups is 2. The van der Waals surface area contributed by atoms with Crippen LogP contribution in [0.2, 0.25) is 0 Å². The van der Waals surface area contributed by atoms with E-state index in [1.54, 1.807) is 22.6 Å². The molecule has 0 aliphatic carbocycles. The van der Waals surface area contributed by atoms with Gasteiger partial charge >= 0.3 is 5.97 Å². The third-order valence-corrected chi connectivity index (χ3v) is 4.46. The van der Waals surface area contributed by atoms with Crippen LogP contribution >= 0.6 is 0 Å². The van der Waals surface area contributed by atoms with Gasteiger partial charge in [-0.3, -0.25) is 9.48 Å². The minimum Gasteiger partial charge on any atom is -0.481 e. The average molecular weight is 361 g/mol. The number of carbonyl (C=O) groups excluding carboxylic acids is 1. The lowest BCUT2D eigenvalue weighted by molar-refractivity contribution is -0.139. The van der Waals surface area contributed by atoms with Gasteiger partial charge in [0.2, 0.25) is 0 Å². The van der Waals surface area contributed by atoms with Crippen LogP contribution in [0.5, 0.6) is 5.75 Å². The maximum Gasteiger partial charge on any atom is 0.338 e. The molecule has 2 heterocycles. The molecule has 2 aromatic rings. The van der Waals surface area contributed by atoms with E-state index in [1.807, 2.05) is 0 Å². The zero-order valence-corrected chi connectivity index (χ0v) is 14.3. The molecule has 1 aromatic carbocycles. The maximum atomic E-state index is 13.2. The van der Waals surface area contributed by atoms with Crippen molar-refractivity contribution in [2.45, 2.75) is 31.9 Å². The fourth-order valence-electron chi connectivity index (χ4n) is 3.05. The lowest BCUT2D eigenvalue weighted by Gasteiger charge is -2.33. The van der Waals surface area contributed by atoms with Gasteiger partial charge in [-0.15, -0.1) is 0 Å². The number of amides is 1. The van der Waals surface area contributed by atoms with Gasteiger partial charge in [0, 0.05) is 25.4 Å². The van der Waals surface area contributed by atoms with Crippen LogP contribution < -0.4 is 4.74 Å². The molecular formula is C18H20FN3O4. The first-order valence-corrected chi connectivity index (χ1v) is 8.42. The summed E-state index contributed by atoms with van der Waals surface area (Å²) in [4.78, 5) is 25.2. The van der Waals surface area contributed by atoms with Crippen LogP contribution in [-0.4, -0.2) is 50.9 Å². The molecule has 0 spiro atoms. The molecule has 0 radical (unpaired) electrons. The van der Waals surface area contributed by atoms with E-state index in [-0.39, 0.29) is 17.5 Å². The van der Waals surface area contributed by atoms with Crippen LogP contribution in [0.4, 0.5) is 4.39 Å². The Balaban J connectivity index is 1.55. The van der Waals surface area contributed by atoms with Crippen molar-refractivity contribution < 1.29 is 23.8 Å². The summed E-state index contributed by atoms with van der Waals surface area (Å²) in [6.45, 7) is 2.71. The van der Waals surface area contributed by atoms with Crippen molar-refractivity contribution in [1.82, 2.24) is 14.7 Å². The van der Waals surface area contributed by atoms with Crippen LogP contribution in [0.3, 0.4) is 0 Å². The summed E-state index contributed by atoms with van der Waals surface area (Å²) < 4.78 is 20.4. The highest BCUT2D eigenvalue weighted by atomic mass is 19.1. The average Bonchev–Trinajstić information content (AvgIpc) is 3.12. The van der Waals surface area contributed by atoms with E-state index in [0.29, 0.717) is 31.7 Å². The summed E-state index contributed by atoms with van der Waals surface area (Å²) in [7, 11) is 0. The number of hydrogen-bond acceptors (Lipinski definition) is 4. The molecule has 1 atom stereocenters. The van der Waals surface area contributed by atoms with Crippen molar-refractivity contribution in [2.75, 3.05) is 13.1 Å². The molecular weight excluding hydrogens is 341 g/mol. The molecule has 1 aromatic heterocycles. The molecule has 0 bridgehead atoms. The quantitative estimate of drug-likeness (QED) is 0.884. The number of hydrogen-bond donors (Lipinski definition) is 1. The number of likely N-dealkylation sites (tertiary alicyclic amines) is 1. The number of benzene rings is 1. The summed E-state index contributed by atoms with van der Waals surface area (Å²) in [5, 5.41) is 13.1. The lowest BCUT2D eigenvalue weighted by atomic mass is 10.0. The van der Waals surface area contributed by atoms with Gasteiger partial charge in [-0.2, -0.15) is 5.10 Å². The first-order valence-electron chi connectivity index (χ1n) is 8.42. The molecule has 1 aliphatic heterocycles. The largest absolute Gasteiger partial charge is 0.481 e. The first kappa shape index (κ1) is 17.9. The Morgan fingerprint density at radius 1 is 1.35 bits per heavy atom. The van der Waals surface area contributed by atoms with Crippen molar-refractivity contribution in [2.24, 2.45) is 0 Å². The van der Waals surface area contributed by atoms with E-state index in [1.165, 1.54) is 30.6 Å². The molecule has 8 heteroatoms. The van der Waals surface area contributed by atoms with Crippen LogP contribution in [0, 0.1) is 5.82 Å². The topological polar surface area (TPSA) is 84.7 Å². The monoisotopic (exact) mass is 361 g/mol. The number of halogens is 1. The Morgan fingerprint density at radius 2 is 2.08 bits per heavy atom. The van der Waals surface area contributed by atoms with E-state index in [0.717, 1.165) is 0 Å². The predicted molar refractivity (Wildman–Crippen MR) is 90.5 cm³/mol. The molecule has 1 aliphatic rings. The van der Waals surface area contributed by atoms with Crippen molar-refractivity contribution in [3.05, 3.63) is 48.0 Å². The molecule has 1 saturated heterocycles. The normalized spacial score (nSPS) is 16.3. The van der Waals surface area contributed by atoms with E-state index >= 15 is 0 Å². The van der Waals surface area contributed by atoms with E-state index < -0.39 is 17.9 Å². The minimum absolute atomic E-state index is 0.0617. The number of aromatic carboxylic acids is 1. The van der Waals surface area contributed by atoms with Crippen LogP contribution in [0.25, 0.3) is 0 Å². The maximum absolute atomic E-state index is 13.2. The standard InChI is InChI=1S/C18H20FN3O4/c1-12(26-16-4-2-3-14(19)9-16)17(23)21-7-5-15(6-8-21)22-11-13(10-20-22)18(24)25/h2-4,9-12,15H,5-8H2,1H3,(H,24,25). The van der Waals surface area contributed by atoms with Crippen LogP contribution in [-0.2, 0) is 4.79 Å². The third-order valence-electron chi connectivity index (χ3n) is 4.46. The molecule has 26 heavy (non-hydrogen) atoms. The number of aromatic nitrogens is 2. The number of piperidine rings is 1. The number of ether oxygens (including phenoxy) is 1. The van der Waals surface area contributed by atoms with E-state index in [4.69, 9.17) is 9.84 Å². The Hall–Kier alpha value is -2.90. The van der Waals surface area contributed by atoms with Crippen LogP contribution in [0.1, 0.15) is 36.2 Å². The highest BCUT2D eigenvalue weighted by molar-refractivity contribution is 5.86. The van der Waals surface area contributed by atoms with Gasteiger partial charge < -0.3 is 14.7 Å². The SMILES string of the molecule is CC(Oc1cccc(F)c1)C(=O)N1CCC(n2cc(C(=O)O)cn2)CC1. The predicted octanol–water partition coefficient (Wildman–Crippen LogP) is 2.35. The van der Waals surface area contributed by atoms with Gasteiger partial charge in [-0.05, 0) is 31.9 Å². The molecule has 0 saturated carbocycles. The Bertz CT molecular complexity index is 799. The number of carboxylic acids is 1. The number of nitrogens with zero attached hydrogens (tertiary/aromatic N) is 3. The summed E-state index contributed by atoms with van der Waals surface area (Å²) in [5.41, 5.74) is 0.153. The smallest absolute Gasteiger partial charge is 0.338 e. The van der Waals surface area contributed by atoms with Crippen molar-refractivity contribution in [1.29, 1.82) is 0 Å². The number of carboxylic acid groups (broad SMARTS) is 1. The fraction of sp³-hybridized carbons (Fsp3) is 0.389. The summed E-state index contributed by atoms with van der Waals surface area (Å²) >= 11 is 0. The fourth-order valence-corrected chi connectivity index (χ4v) is 3.05. The minimum atomic E-state index is -1.01. The van der Waals surface area contributed by atoms with Gasteiger partial charge in [0.05, 0.1) is 17.8 Å². The van der Waals surface area contributed by atoms with Crippen LogP contribution in [0.15, 0.2) is 36.7 Å². The molecule has 3 rings (SSSR count). The number of rotatable bonds is 5. The molecule has 7 nitrogen and oxygen atoms in total.